The first-order valence-corrected chi connectivity index (χ1v) is 8.05. The monoisotopic (exact) mass is 324 g/mol. The van der Waals surface area contributed by atoms with Crippen LogP contribution in [0.3, 0.4) is 0 Å². The predicted octanol–water partition coefficient (Wildman–Crippen LogP) is 1.73. The van der Waals surface area contributed by atoms with Crippen LogP contribution >= 0.6 is 0 Å². The maximum absolute atomic E-state index is 12.4. The first-order valence-electron chi connectivity index (χ1n) is 8.05. The maximum atomic E-state index is 12.4. The van der Waals surface area contributed by atoms with Gasteiger partial charge in [0.15, 0.2) is 0 Å². The van der Waals surface area contributed by atoms with E-state index in [9.17, 15) is 9.59 Å². The van der Waals surface area contributed by atoms with E-state index in [0.717, 1.165) is 11.4 Å². The summed E-state index contributed by atoms with van der Waals surface area (Å²) in [4.78, 5) is 30.3. The van der Waals surface area contributed by atoms with Crippen molar-refractivity contribution in [2.24, 2.45) is 0 Å². The largest absolute Gasteiger partial charge is 0.338 e. The molecule has 0 bridgehead atoms. The highest BCUT2D eigenvalue weighted by Gasteiger charge is 2.33. The Morgan fingerprint density at radius 1 is 1.17 bits per heavy atom. The number of carbonyl (C=O) groups is 2. The minimum atomic E-state index is -0.472. The van der Waals surface area contributed by atoms with Crippen molar-refractivity contribution in [3.8, 4) is 0 Å². The average Bonchev–Trinajstić information content (AvgIpc) is 2.97. The van der Waals surface area contributed by atoms with Gasteiger partial charge in [0.1, 0.15) is 6.04 Å². The zero-order chi connectivity index (χ0) is 16.8. The number of para-hydroxylation sites is 1. The molecule has 1 aromatic heterocycles. The van der Waals surface area contributed by atoms with Gasteiger partial charge in [-0.25, -0.2) is 4.79 Å². The van der Waals surface area contributed by atoms with Crippen molar-refractivity contribution in [3.05, 3.63) is 60.4 Å². The van der Waals surface area contributed by atoms with Gasteiger partial charge in [-0.3, -0.25) is 9.78 Å². The standard InChI is InChI=1S/C18H20N4O2/c23-17-16(10-13-22(17)15-7-2-1-3-8-15)21-18(24)20-12-9-14-6-4-5-11-19-14/h1-8,11,16H,9-10,12-13H2,(H2,20,21,24)/t16-/m0/s1. The molecule has 2 heterocycles. The van der Waals surface area contributed by atoms with E-state index >= 15 is 0 Å². The number of hydrogen-bond donors (Lipinski definition) is 2. The van der Waals surface area contributed by atoms with Crippen LogP contribution in [0.5, 0.6) is 0 Å². The molecule has 0 saturated carbocycles. The third kappa shape index (κ3) is 3.90. The van der Waals surface area contributed by atoms with E-state index in [1.54, 1.807) is 11.1 Å². The Labute approximate surface area is 140 Å². The van der Waals surface area contributed by atoms with Crippen molar-refractivity contribution in [2.75, 3.05) is 18.0 Å². The zero-order valence-electron chi connectivity index (χ0n) is 13.3. The number of hydrogen-bond acceptors (Lipinski definition) is 3. The molecule has 0 spiro atoms. The van der Waals surface area contributed by atoms with E-state index in [2.05, 4.69) is 15.6 Å². The lowest BCUT2D eigenvalue weighted by Crippen LogP contribution is -2.46. The van der Waals surface area contributed by atoms with Gasteiger partial charge in [0.05, 0.1) is 0 Å². The molecule has 1 fully saturated rings. The SMILES string of the molecule is O=C(NCCc1ccccn1)N[C@H]1CCN(c2ccccc2)C1=O. The highest BCUT2D eigenvalue weighted by atomic mass is 16.2. The minimum Gasteiger partial charge on any atom is -0.338 e. The molecule has 0 unspecified atom stereocenters. The van der Waals surface area contributed by atoms with Crippen molar-refractivity contribution < 1.29 is 9.59 Å². The van der Waals surface area contributed by atoms with Gasteiger partial charge in [-0.2, -0.15) is 0 Å². The zero-order valence-corrected chi connectivity index (χ0v) is 13.3. The van der Waals surface area contributed by atoms with E-state index in [4.69, 9.17) is 0 Å². The van der Waals surface area contributed by atoms with Crippen LogP contribution in [0.1, 0.15) is 12.1 Å². The molecule has 0 aliphatic carbocycles. The summed E-state index contributed by atoms with van der Waals surface area (Å²) in [5.74, 6) is -0.0684. The van der Waals surface area contributed by atoms with Crippen molar-refractivity contribution in [1.82, 2.24) is 15.6 Å². The molecule has 1 saturated heterocycles. The van der Waals surface area contributed by atoms with Gasteiger partial charge in [0.2, 0.25) is 5.91 Å². The fourth-order valence-electron chi connectivity index (χ4n) is 2.74. The maximum Gasteiger partial charge on any atom is 0.315 e. The van der Waals surface area contributed by atoms with Gasteiger partial charge in [0, 0.05) is 37.1 Å². The lowest BCUT2D eigenvalue weighted by Gasteiger charge is -2.17. The fourth-order valence-corrected chi connectivity index (χ4v) is 2.74. The Kier molecular flexibility index (Phi) is 5.05. The third-order valence-corrected chi connectivity index (χ3v) is 3.97. The summed E-state index contributed by atoms with van der Waals surface area (Å²) >= 11 is 0. The van der Waals surface area contributed by atoms with Crippen LogP contribution in [-0.2, 0) is 11.2 Å². The van der Waals surface area contributed by atoms with Gasteiger partial charge in [-0.05, 0) is 30.7 Å². The number of rotatable bonds is 5. The molecule has 2 aromatic rings. The molecule has 3 rings (SSSR count). The van der Waals surface area contributed by atoms with Crippen LogP contribution < -0.4 is 15.5 Å². The third-order valence-electron chi connectivity index (χ3n) is 3.97. The smallest absolute Gasteiger partial charge is 0.315 e. The lowest BCUT2D eigenvalue weighted by atomic mass is 10.2. The topological polar surface area (TPSA) is 74.3 Å². The molecule has 6 nitrogen and oxygen atoms in total. The second kappa shape index (κ2) is 7.59. The number of anilines is 1. The first-order chi connectivity index (χ1) is 11.7. The minimum absolute atomic E-state index is 0.0684. The van der Waals surface area contributed by atoms with Crippen LogP contribution in [-0.4, -0.2) is 36.1 Å². The molecule has 24 heavy (non-hydrogen) atoms. The lowest BCUT2D eigenvalue weighted by molar-refractivity contribution is -0.118. The molecule has 0 radical (unpaired) electrons. The van der Waals surface area contributed by atoms with Crippen molar-refractivity contribution in [2.45, 2.75) is 18.9 Å². The van der Waals surface area contributed by atoms with Gasteiger partial charge in [-0.1, -0.05) is 24.3 Å². The molecule has 6 heteroatoms. The Morgan fingerprint density at radius 3 is 2.71 bits per heavy atom. The number of nitrogens with zero attached hydrogens (tertiary/aromatic N) is 2. The molecule has 1 aromatic carbocycles. The Balaban J connectivity index is 1.46. The quantitative estimate of drug-likeness (QED) is 0.879. The number of aromatic nitrogens is 1. The molecular weight excluding hydrogens is 304 g/mol. The molecule has 2 N–H and O–H groups in total. The number of nitrogens with one attached hydrogen (secondary N) is 2. The number of urea groups is 1. The normalized spacial score (nSPS) is 16.9. The summed E-state index contributed by atoms with van der Waals surface area (Å²) in [5.41, 5.74) is 1.78. The summed E-state index contributed by atoms with van der Waals surface area (Å²) < 4.78 is 0. The highest BCUT2D eigenvalue weighted by molar-refractivity contribution is 6.01. The van der Waals surface area contributed by atoms with Crippen molar-refractivity contribution in [1.29, 1.82) is 0 Å². The molecule has 1 aliphatic rings. The van der Waals surface area contributed by atoms with Crippen LogP contribution in [0.15, 0.2) is 54.7 Å². The van der Waals surface area contributed by atoms with Crippen LogP contribution in [0, 0.1) is 0 Å². The Bertz CT molecular complexity index is 691. The summed E-state index contributed by atoms with van der Waals surface area (Å²) in [6.07, 6.45) is 3.00. The van der Waals surface area contributed by atoms with E-state index in [0.29, 0.717) is 25.9 Å². The predicted molar refractivity (Wildman–Crippen MR) is 91.7 cm³/mol. The average molecular weight is 324 g/mol. The molecular formula is C18H20N4O2. The van der Waals surface area contributed by atoms with Crippen molar-refractivity contribution in [3.63, 3.8) is 0 Å². The fraction of sp³-hybridized carbons (Fsp3) is 0.278. The van der Waals surface area contributed by atoms with E-state index in [-0.39, 0.29) is 11.9 Å². The van der Waals surface area contributed by atoms with Gasteiger partial charge in [-0.15, -0.1) is 0 Å². The van der Waals surface area contributed by atoms with E-state index < -0.39 is 6.04 Å². The summed E-state index contributed by atoms with van der Waals surface area (Å²) in [6.45, 7) is 1.09. The van der Waals surface area contributed by atoms with Crippen LogP contribution in [0.2, 0.25) is 0 Å². The highest BCUT2D eigenvalue weighted by Crippen LogP contribution is 2.20. The van der Waals surface area contributed by atoms with Gasteiger partial charge >= 0.3 is 6.03 Å². The second-order valence-electron chi connectivity index (χ2n) is 5.64. The Morgan fingerprint density at radius 2 is 1.96 bits per heavy atom. The number of amides is 3. The first kappa shape index (κ1) is 16.0. The number of pyridine rings is 1. The van der Waals surface area contributed by atoms with E-state index in [1.165, 1.54) is 0 Å². The summed E-state index contributed by atoms with van der Waals surface area (Å²) in [5, 5.41) is 5.53. The number of carbonyl (C=O) groups excluding carboxylic acids is 2. The van der Waals surface area contributed by atoms with Crippen LogP contribution in [0.4, 0.5) is 10.5 Å². The molecule has 1 atom stereocenters. The molecule has 124 valence electrons. The number of benzene rings is 1. The van der Waals surface area contributed by atoms with Gasteiger partial charge < -0.3 is 15.5 Å². The van der Waals surface area contributed by atoms with E-state index in [1.807, 2.05) is 48.5 Å². The van der Waals surface area contributed by atoms with Gasteiger partial charge in [0.25, 0.3) is 0 Å². The molecule has 3 amide bonds. The molecule has 1 aliphatic heterocycles. The Hall–Kier alpha value is -2.89. The summed E-state index contributed by atoms with van der Waals surface area (Å²) in [6, 6.07) is 14.4. The van der Waals surface area contributed by atoms with Crippen molar-refractivity contribution >= 4 is 17.6 Å². The second-order valence-corrected chi connectivity index (χ2v) is 5.64. The summed E-state index contributed by atoms with van der Waals surface area (Å²) in [7, 11) is 0. The van der Waals surface area contributed by atoms with Crippen LogP contribution in [0.25, 0.3) is 0 Å².